The number of hydrogen-bond acceptors (Lipinski definition) is 1. The molecule has 0 saturated carbocycles. The molecule has 0 fully saturated rings. The monoisotopic (exact) mass is 258 g/mol. The van der Waals surface area contributed by atoms with E-state index in [0.29, 0.717) is 5.04 Å². The zero-order chi connectivity index (χ0) is 13.5. The molecule has 0 bridgehead atoms. The van der Waals surface area contributed by atoms with Gasteiger partial charge in [0, 0.05) is 6.61 Å². The highest BCUT2D eigenvalue weighted by atomic mass is 28.4. The third kappa shape index (κ3) is 6.61. The van der Waals surface area contributed by atoms with E-state index >= 15 is 0 Å². The van der Waals surface area contributed by atoms with Crippen molar-refractivity contribution in [1.82, 2.24) is 0 Å². The number of hydrogen-bond donors (Lipinski definition) is 0. The van der Waals surface area contributed by atoms with Crippen molar-refractivity contribution in [3.63, 3.8) is 0 Å². The molecule has 0 aromatic rings. The van der Waals surface area contributed by atoms with Gasteiger partial charge in [-0.15, -0.1) is 0 Å². The molecule has 0 amide bonds. The van der Waals surface area contributed by atoms with Crippen molar-refractivity contribution in [1.29, 1.82) is 0 Å². The SMILES string of the molecule is CCC[C@H](CC)CCCO[Si](C)(C)C(C)(C)C. The summed E-state index contributed by atoms with van der Waals surface area (Å²) < 4.78 is 6.21. The Bertz CT molecular complexity index is 194. The van der Waals surface area contributed by atoms with Crippen molar-refractivity contribution < 1.29 is 4.43 Å². The zero-order valence-electron chi connectivity index (χ0n) is 13.2. The number of rotatable bonds is 8. The minimum Gasteiger partial charge on any atom is -0.417 e. The van der Waals surface area contributed by atoms with Gasteiger partial charge >= 0.3 is 0 Å². The summed E-state index contributed by atoms with van der Waals surface area (Å²) in [7, 11) is -1.51. The van der Waals surface area contributed by atoms with Gasteiger partial charge in [0.15, 0.2) is 8.32 Å². The van der Waals surface area contributed by atoms with Gasteiger partial charge < -0.3 is 4.43 Å². The molecule has 1 atom stereocenters. The molecule has 2 heteroatoms. The van der Waals surface area contributed by atoms with Crippen LogP contribution < -0.4 is 0 Å². The predicted molar refractivity (Wildman–Crippen MR) is 81.1 cm³/mol. The molecule has 0 aliphatic rings. The molecular weight excluding hydrogens is 224 g/mol. The van der Waals surface area contributed by atoms with Crippen LogP contribution in [0, 0.1) is 5.92 Å². The molecule has 0 aliphatic carbocycles. The van der Waals surface area contributed by atoms with Crippen molar-refractivity contribution >= 4 is 8.32 Å². The van der Waals surface area contributed by atoms with Gasteiger partial charge in [-0.25, -0.2) is 0 Å². The molecule has 0 heterocycles. The topological polar surface area (TPSA) is 9.23 Å². The van der Waals surface area contributed by atoms with Gasteiger partial charge in [-0.1, -0.05) is 53.9 Å². The summed E-state index contributed by atoms with van der Waals surface area (Å²) in [5.41, 5.74) is 0. The van der Waals surface area contributed by atoms with Crippen molar-refractivity contribution in [2.75, 3.05) is 6.61 Å². The Kier molecular flexibility index (Phi) is 7.66. The van der Waals surface area contributed by atoms with Crippen molar-refractivity contribution in [2.24, 2.45) is 5.92 Å². The fraction of sp³-hybridized carbons (Fsp3) is 1.00. The summed E-state index contributed by atoms with van der Waals surface area (Å²) in [4.78, 5) is 0. The Morgan fingerprint density at radius 3 is 2.06 bits per heavy atom. The third-order valence-corrected chi connectivity index (χ3v) is 8.84. The standard InChI is InChI=1S/C15H34OSi/c1-8-11-14(9-2)12-10-13-16-17(6,7)15(3,4)5/h14H,8-13H2,1-7H3/t14-/m0/s1. The minimum atomic E-state index is -1.51. The zero-order valence-corrected chi connectivity index (χ0v) is 14.2. The van der Waals surface area contributed by atoms with Gasteiger partial charge in [-0.2, -0.15) is 0 Å². The van der Waals surface area contributed by atoms with Crippen LogP contribution in [0.25, 0.3) is 0 Å². The molecule has 0 unspecified atom stereocenters. The molecule has 1 nitrogen and oxygen atoms in total. The average Bonchev–Trinajstić information content (AvgIpc) is 2.21. The van der Waals surface area contributed by atoms with E-state index in [2.05, 4.69) is 47.7 Å². The maximum Gasteiger partial charge on any atom is 0.191 e. The maximum absolute atomic E-state index is 6.21. The first kappa shape index (κ1) is 17.2. The van der Waals surface area contributed by atoms with Gasteiger partial charge in [0.2, 0.25) is 0 Å². The molecule has 0 aromatic heterocycles. The summed E-state index contributed by atoms with van der Waals surface area (Å²) in [6.45, 7) is 17.2. The van der Waals surface area contributed by atoms with Crippen molar-refractivity contribution in [3.05, 3.63) is 0 Å². The summed E-state index contributed by atoms with van der Waals surface area (Å²) in [6.07, 6.45) is 6.62. The maximum atomic E-state index is 6.21. The summed E-state index contributed by atoms with van der Waals surface area (Å²) in [5, 5.41) is 0.348. The average molecular weight is 259 g/mol. The minimum absolute atomic E-state index is 0.348. The Hall–Kier alpha value is 0.177. The summed E-state index contributed by atoms with van der Waals surface area (Å²) in [6, 6.07) is 0. The molecule has 0 spiro atoms. The molecule has 0 rings (SSSR count). The van der Waals surface area contributed by atoms with Gasteiger partial charge in [-0.3, -0.25) is 0 Å². The second kappa shape index (κ2) is 7.58. The van der Waals surface area contributed by atoms with E-state index in [1.54, 1.807) is 0 Å². The molecular formula is C15H34OSi. The summed E-state index contributed by atoms with van der Waals surface area (Å²) in [5.74, 6) is 0.919. The highest BCUT2D eigenvalue weighted by Gasteiger charge is 2.36. The van der Waals surface area contributed by atoms with Crippen LogP contribution >= 0.6 is 0 Å². The van der Waals surface area contributed by atoms with Crippen LogP contribution in [-0.2, 0) is 4.43 Å². The molecule has 0 aromatic carbocycles. The van der Waals surface area contributed by atoms with Crippen LogP contribution in [0.1, 0.15) is 66.7 Å². The largest absolute Gasteiger partial charge is 0.417 e. The Balaban J connectivity index is 3.84. The second-order valence-electron chi connectivity index (χ2n) is 6.81. The van der Waals surface area contributed by atoms with Crippen LogP contribution in [0.2, 0.25) is 18.1 Å². The molecule has 0 aliphatic heterocycles. The first-order valence-electron chi connectivity index (χ1n) is 7.38. The van der Waals surface area contributed by atoms with Gasteiger partial charge in [-0.05, 0) is 36.9 Å². The van der Waals surface area contributed by atoms with Crippen LogP contribution in [0.5, 0.6) is 0 Å². The van der Waals surface area contributed by atoms with E-state index in [1.165, 1.54) is 32.1 Å². The van der Waals surface area contributed by atoms with Gasteiger partial charge in [0.1, 0.15) is 0 Å². The lowest BCUT2D eigenvalue weighted by atomic mass is 9.96. The van der Waals surface area contributed by atoms with E-state index in [1.807, 2.05) is 0 Å². The Labute approximate surface area is 110 Å². The highest BCUT2D eigenvalue weighted by molar-refractivity contribution is 6.74. The lowest BCUT2D eigenvalue weighted by molar-refractivity contribution is 0.263. The fourth-order valence-corrected chi connectivity index (χ4v) is 2.96. The molecule has 17 heavy (non-hydrogen) atoms. The molecule has 0 saturated heterocycles. The Morgan fingerprint density at radius 1 is 1.06 bits per heavy atom. The Morgan fingerprint density at radius 2 is 1.65 bits per heavy atom. The first-order chi connectivity index (χ1) is 7.74. The smallest absolute Gasteiger partial charge is 0.191 e. The lowest BCUT2D eigenvalue weighted by Gasteiger charge is -2.36. The third-order valence-electron chi connectivity index (χ3n) is 4.30. The van der Waals surface area contributed by atoms with E-state index < -0.39 is 8.32 Å². The van der Waals surface area contributed by atoms with E-state index in [-0.39, 0.29) is 0 Å². The molecule has 0 N–H and O–H groups in total. The second-order valence-corrected chi connectivity index (χ2v) is 11.6. The predicted octanol–water partition coefficient (Wildman–Crippen LogP) is 5.61. The fourth-order valence-electron chi connectivity index (χ4n) is 1.88. The first-order valence-corrected chi connectivity index (χ1v) is 10.3. The van der Waals surface area contributed by atoms with Crippen molar-refractivity contribution in [3.8, 4) is 0 Å². The quantitative estimate of drug-likeness (QED) is 0.406. The van der Waals surface area contributed by atoms with E-state index in [4.69, 9.17) is 4.43 Å². The van der Waals surface area contributed by atoms with E-state index in [9.17, 15) is 0 Å². The van der Waals surface area contributed by atoms with Crippen molar-refractivity contribution in [2.45, 2.75) is 84.9 Å². The van der Waals surface area contributed by atoms with Crippen LogP contribution in [0.4, 0.5) is 0 Å². The van der Waals surface area contributed by atoms with Crippen LogP contribution in [0.15, 0.2) is 0 Å². The molecule has 104 valence electrons. The van der Waals surface area contributed by atoms with Crippen LogP contribution in [0.3, 0.4) is 0 Å². The van der Waals surface area contributed by atoms with E-state index in [0.717, 1.165) is 12.5 Å². The van der Waals surface area contributed by atoms with Gasteiger partial charge in [0.05, 0.1) is 0 Å². The molecule has 0 radical (unpaired) electrons. The highest BCUT2D eigenvalue weighted by Crippen LogP contribution is 2.36. The normalized spacial score (nSPS) is 15.0. The summed E-state index contributed by atoms with van der Waals surface area (Å²) >= 11 is 0. The lowest BCUT2D eigenvalue weighted by Crippen LogP contribution is -2.41. The van der Waals surface area contributed by atoms with Crippen LogP contribution in [-0.4, -0.2) is 14.9 Å². The van der Waals surface area contributed by atoms with Gasteiger partial charge in [0.25, 0.3) is 0 Å².